The molecule has 0 aliphatic carbocycles. The summed E-state index contributed by atoms with van der Waals surface area (Å²) in [5, 5.41) is 2.84. The number of carbonyl (C=O) groups is 2. The first-order valence-corrected chi connectivity index (χ1v) is 14.5. The standard InChI is InChI=1S/C30H37N3O7S/c1-21(2)31-30(35)22(3)32(19-23-11-10-14-25(17-23)38-4)29(34)20-33(24-12-8-7-9-13-24)41(36,37)26-15-16-27(39-5)28(18-26)40-6/h7-18,21-22H,19-20H2,1-6H3,(H,31,35)/t22-/m1/s1. The number of amides is 2. The first-order valence-electron chi connectivity index (χ1n) is 13.0. The van der Waals surface area contributed by atoms with Crippen LogP contribution in [0.3, 0.4) is 0 Å². The van der Waals surface area contributed by atoms with Crippen molar-refractivity contribution in [1.29, 1.82) is 0 Å². The van der Waals surface area contributed by atoms with Crippen LogP contribution in [0.1, 0.15) is 26.3 Å². The quantitative estimate of drug-likeness (QED) is 0.325. The molecule has 2 amide bonds. The lowest BCUT2D eigenvalue weighted by molar-refractivity contribution is -0.139. The van der Waals surface area contributed by atoms with Crippen LogP contribution < -0.4 is 23.8 Å². The van der Waals surface area contributed by atoms with E-state index in [4.69, 9.17) is 14.2 Å². The van der Waals surface area contributed by atoms with Crippen LogP contribution in [0.2, 0.25) is 0 Å². The van der Waals surface area contributed by atoms with Crippen molar-refractivity contribution in [3.63, 3.8) is 0 Å². The summed E-state index contributed by atoms with van der Waals surface area (Å²) in [4.78, 5) is 28.3. The van der Waals surface area contributed by atoms with Gasteiger partial charge in [0.05, 0.1) is 31.9 Å². The van der Waals surface area contributed by atoms with Crippen molar-refractivity contribution >= 4 is 27.5 Å². The Bertz CT molecular complexity index is 1450. The third kappa shape index (κ3) is 7.69. The molecule has 0 saturated heterocycles. The maximum atomic E-state index is 14.0. The van der Waals surface area contributed by atoms with Crippen LogP contribution in [0.25, 0.3) is 0 Å². The number of hydrogen-bond acceptors (Lipinski definition) is 7. The van der Waals surface area contributed by atoms with Crippen LogP contribution in [0.4, 0.5) is 5.69 Å². The zero-order chi connectivity index (χ0) is 30.2. The van der Waals surface area contributed by atoms with E-state index in [1.54, 1.807) is 55.5 Å². The van der Waals surface area contributed by atoms with Gasteiger partial charge in [-0.25, -0.2) is 8.42 Å². The molecule has 0 bridgehead atoms. The van der Waals surface area contributed by atoms with Crippen molar-refractivity contribution < 1.29 is 32.2 Å². The van der Waals surface area contributed by atoms with Gasteiger partial charge in [-0.05, 0) is 62.7 Å². The molecule has 3 aromatic rings. The molecule has 0 aliphatic heterocycles. The van der Waals surface area contributed by atoms with E-state index in [0.29, 0.717) is 11.5 Å². The first-order chi connectivity index (χ1) is 19.5. The number of rotatable bonds is 13. The van der Waals surface area contributed by atoms with E-state index in [9.17, 15) is 18.0 Å². The van der Waals surface area contributed by atoms with Crippen molar-refractivity contribution in [1.82, 2.24) is 10.2 Å². The number of carbonyl (C=O) groups excluding carboxylic acids is 2. The summed E-state index contributed by atoms with van der Waals surface area (Å²) in [6, 6.07) is 18.7. The number of nitrogens with one attached hydrogen (secondary N) is 1. The molecule has 3 aromatic carbocycles. The highest BCUT2D eigenvalue weighted by Crippen LogP contribution is 2.32. The molecular formula is C30H37N3O7S. The number of sulfonamides is 1. The zero-order valence-corrected chi connectivity index (χ0v) is 25.0. The molecule has 11 heteroatoms. The third-order valence-electron chi connectivity index (χ3n) is 6.35. The average molecular weight is 584 g/mol. The molecule has 220 valence electrons. The predicted molar refractivity (Wildman–Crippen MR) is 157 cm³/mol. The molecule has 0 spiro atoms. The van der Waals surface area contributed by atoms with E-state index in [2.05, 4.69) is 5.32 Å². The topological polar surface area (TPSA) is 114 Å². The number of benzene rings is 3. The van der Waals surface area contributed by atoms with Gasteiger partial charge in [-0.2, -0.15) is 0 Å². The fourth-order valence-electron chi connectivity index (χ4n) is 4.18. The number of hydrogen-bond donors (Lipinski definition) is 1. The summed E-state index contributed by atoms with van der Waals surface area (Å²) >= 11 is 0. The van der Waals surface area contributed by atoms with E-state index >= 15 is 0 Å². The van der Waals surface area contributed by atoms with Crippen LogP contribution in [0.15, 0.2) is 77.7 Å². The number of para-hydroxylation sites is 1. The normalized spacial score (nSPS) is 11.9. The van der Waals surface area contributed by atoms with E-state index in [-0.39, 0.29) is 34.8 Å². The average Bonchev–Trinajstić information content (AvgIpc) is 2.97. The van der Waals surface area contributed by atoms with Crippen molar-refractivity contribution in [2.45, 2.75) is 44.3 Å². The molecule has 0 unspecified atom stereocenters. The van der Waals surface area contributed by atoms with Gasteiger partial charge in [0.15, 0.2) is 11.5 Å². The molecule has 41 heavy (non-hydrogen) atoms. The molecule has 0 aliphatic rings. The monoisotopic (exact) mass is 583 g/mol. The Labute approximate surface area is 241 Å². The SMILES string of the molecule is COc1cccc(CN(C(=O)CN(c2ccccc2)S(=O)(=O)c2ccc(OC)c(OC)c2)[C@H](C)C(=O)NC(C)C)c1. The second-order valence-corrected chi connectivity index (χ2v) is 11.4. The van der Waals surface area contributed by atoms with Crippen molar-refractivity contribution in [2.24, 2.45) is 0 Å². The van der Waals surface area contributed by atoms with Gasteiger partial charge in [0.2, 0.25) is 11.8 Å². The molecule has 0 saturated carbocycles. The molecule has 0 fully saturated rings. The fourth-order valence-corrected chi connectivity index (χ4v) is 5.61. The lowest BCUT2D eigenvalue weighted by Crippen LogP contribution is -2.52. The summed E-state index contributed by atoms with van der Waals surface area (Å²) in [5.74, 6) is 0.267. The van der Waals surface area contributed by atoms with E-state index < -0.39 is 28.5 Å². The van der Waals surface area contributed by atoms with E-state index in [1.165, 1.54) is 44.4 Å². The highest BCUT2D eigenvalue weighted by molar-refractivity contribution is 7.92. The number of nitrogens with zero attached hydrogens (tertiary/aromatic N) is 2. The highest BCUT2D eigenvalue weighted by atomic mass is 32.2. The Morgan fingerprint density at radius 2 is 1.51 bits per heavy atom. The van der Waals surface area contributed by atoms with Crippen molar-refractivity contribution in [2.75, 3.05) is 32.2 Å². The Hall–Kier alpha value is -4.25. The maximum Gasteiger partial charge on any atom is 0.264 e. The van der Waals surface area contributed by atoms with Crippen LogP contribution >= 0.6 is 0 Å². The van der Waals surface area contributed by atoms with Gasteiger partial charge in [0.1, 0.15) is 18.3 Å². The Balaban J connectivity index is 2.05. The van der Waals surface area contributed by atoms with Crippen LogP contribution in [-0.2, 0) is 26.2 Å². The molecule has 0 heterocycles. The molecule has 3 rings (SSSR count). The Morgan fingerprint density at radius 1 is 0.829 bits per heavy atom. The number of anilines is 1. The summed E-state index contributed by atoms with van der Waals surface area (Å²) in [6.45, 7) is 4.77. The smallest absolute Gasteiger partial charge is 0.264 e. The van der Waals surface area contributed by atoms with Gasteiger partial charge < -0.3 is 24.4 Å². The van der Waals surface area contributed by atoms with Gasteiger partial charge in [-0.3, -0.25) is 13.9 Å². The summed E-state index contributed by atoms with van der Waals surface area (Å²) < 4.78 is 44.9. The first kappa shape index (κ1) is 31.3. The minimum atomic E-state index is -4.26. The Morgan fingerprint density at radius 3 is 2.12 bits per heavy atom. The molecule has 1 N–H and O–H groups in total. The molecular weight excluding hydrogens is 546 g/mol. The van der Waals surface area contributed by atoms with Gasteiger partial charge in [0.25, 0.3) is 10.0 Å². The van der Waals surface area contributed by atoms with Crippen LogP contribution in [0, 0.1) is 0 Å². The van der Waals surface area contributed by atoms with Gasteiger partial charge in [0, 0.05) is 18.7 Å². The third-order valence-corrected chi connectivity index (χ3v) is 8.12. The van der Waals surface area contributed by atoms with E-state index in [1.807, 2.05) is 19.9 Å². The summed E-state index contributed by atoms with van der Waals surface area (Å²) in [5.41, 5.74) is 1.01. The molecule has 1 atom stereocenters. The second kappa shape index (κ2) is 13.9. The van der Waals surface area contributed by atoms with Crippen LogP contribution in [-0.4, -0.2) is 65.1 Å². The maximum absolute atomic E-state index is 14.0. The predicted octanol–water partition coefficient (Wildman–Crippen LogP) is 3.85. The fraction of sp³-hybridized carbons (Fsp3) is 0.333. The van der Waals surface area contributed by atoms with Crippen molar-refractivity contribution in [3.05, 3.63) is 78.4 Å². The van der Waals surface area contributed by atoms with Gasteiger partial charge in [-0.1, -0.05) is 30.3 Å². The largest absolute Gasteiger partial charge is 0.497 e. The minimum Gasteiger partial charge on any atom is -0.497 e. The molecule has 0 radical (unpaired) electrons. The molecule has 0 aromatic heterocycles. The van der Waals surface area contributed by atoms with Gasteiger partial charge >= 0.3 is 0 Å². The Kier molecular flexibility index (Phi) is 10.6. The van der Waals surface area contributed by atoms with E-state index in [0.717, 1.165) is 9.87 Å². The minimum absolute atomic E-state index is 0.0573. The highest BCUT2D eigenvalue weighted by Gasteiger charge is 2.33. The van der Waals surface area contributed by atoms with Crippen molar-refractivity contribution in [3.8, 4) is 17.2 Å². The lowest BCUT2D eigenvalue weighted by atomic mass is 10.1. The van der Waals surface area contributed by atoms with Gasteiger partial charge in [-0.15, -0.1) is 0 Å². The van der Waals surface area contributed by atoms with Crippen LogP contribution in [0.5, 0.6) is 17.2 Å². The second-order valence-electron chi connectivity index (χ2n) is 9.58. The lowest BCUT2D eigenvalue weighted by Gasteiger charge is -2.32. The number of ether oxygens (including phenoxy) is 3. The summed E-state index contributed by atoms with van der Waals surface area (Å²) in [6.07, 6.45) is 0. The molecule has 10 nitrogen and oxygen atoms in total. The summed E-state index contributed by atoms with van der Waals surface area (Å²) in [7, 11) is 0.143. The zero-order valence-electron chi connectivity index (χ0n) is 24.2. The number of methoxy groups -OCH3 is 3.